The molecule has 2 heterocycles. The number of aromatic nitrogens is 2. The first-order chi connectivity index (χ1) is 15.0. The molecule has 6 nitrogen and oxygen atoms in total. The Morgan fingerprint density at radius 2 is 1.94 bits per heavy atom. The van der Waals surface area contributed by atoms with Crippen molar-refractivity contribution < 1.29 is 9.21 Å². The molecule has 1 N–H and O–H groups in total. The van der Waals surface area contributed by atoms with Gasteiger partial charge in [0.2, 0.25) is 5.91 Å². The number of carbonyl (C=O) groups excluding carboxylic acids is 1. The topological polar surface area (TPSA) is 77.1 Å². The largest absolute Gasteiger partial charge is 0.467 e. The van der Waals surface area contributed by atoms with Crippen molar-refractivity contribution in [2.45, 2.75) is 24.7 Å². The highest BCUT2D eigenvalue weighted by Crippen LogP contribution is 2.23. The van der Waals surface area contributed by atoms with E-state index in [4.69, 9.17) is 16.0 Å². The average molecular weight is 454 g/mol. The summed E-state index contributed by atoms with van der Waals surface area (Å²) < 4.78 is 6.95. The Hall–Kier alpha value is -3.03. The highest BCUT2D eigenvalue weighted by molar-refractivity contribution is 7.99. The minimum atomic E-state index is -0.239. The summed E-state index contributed by atoms with van der Waals surface area (Å²) in [6, 6.07) is 17.9. The van der Waals surface area contributed by atoms with E-state index in [9.17, 15) is 9.59 Å². The third kappa shape index (κ3) is 4.84. The summed E-state index contributed by atoms with van der Waals surface area (Å²) in [6.45, 7) is 2.12. The number of benzene rings is 2. The van der Waals surface area contributed by atoms with Gasteiger partial charge in [0.1, 0.15) is 5.76 Å². The van der Waals surface area contributed by atoms with Crippen molar-refractivity contribution >= 4 is 40.2 Å². The quantitative estimate of drug-likeness (QED) is 0.325. The van der Waals surface area contributed by atoms with Crippen LogP contribution in [0.1, 0.15) is 24.3 Å². The van der Waals surface area contributed by atoms with Crippen molar-refractivity contribution in [3.05, 3.63) is 93.6 Å². The van der Waals surface area contributed by atoms with Crippen LogP contribution in [-0.2, 0) is 11.3 Å². The Morgan fingerprint density at radius 3 is 2.71 bits per heavy atom. The van der Waals surface area contributed by atoms with Crippen LogP contribution >= 0.6 is 23.4 Å². The van der Waals surface area contributed by atoms with Crippen molar-refractivity contribution in [1.29, 1.82) is 0 Å². The molecule has 0 spiro atoms. The van der Waals surface area contributed by atoms with Gasteiger partial charge in [-0.25, -0.2) is 4.98 Å². The number of furan rings is 1. The first-order valence-corrected chi connectivity index (χ1v) is 11.1. The maximum absolute atomic E-state index is 13.1. The Kier molecular flexibility index (Phi) is 6.44. The Morgan fingerprint density at radius 1 is 1.16 bits per heavy atom. The zero-order valence-corrected chi connectivity index (χ0v) is 18.3. The predicted molar refractivity (Wildman–Crippen MR) is 123 cm³/mol. The molecule has 0 saturated heterocycles. The number of carbonyl (C=O) groups is 1. The highest BCUT2D eigenvalue weighted by atomic mass is 35.5. The summed E-state index contributed by atoms with van der Waals surface area (Å²) in [4.78, 5) is 30.3. The Labute approximate surface area is 188 Å². The molecule has 0 aliphatic carbocycles. The van der Waals surface area contributed by atoms with E-state index in [1.165, 1.54) is 16.3 Å². The summed E-state index contributed by atoms with van der Waals surface area (Å²) >= 11 is 7.44. The molecule has 2 aromatic heterocycles. The highest BCUT2D eigenvalue weighted by Gasteiger charge is 2.16. The lowest BCUT2D eigenvalue weighted by atomic mass is 10.1. The molecule has 0 aliphatic rings. The maximum Gasteiger partial charge on any atom is 0.262 e. The van der Waals surface area contributed by atoms with Crippen LogP contribution in [0, 0.1) is 0 Å². The van der Waals surface area contributed by atoms with Crippen molar-refractivity contribution in [3.63, 3.8) is 0 Å². The lowest BCUT2D eigenvalue weighted by Gasteiger charge is -2.16. The molecule has 8 heteroatoms. The van der Waals surface area contributed by atoms with Gasteiger partial charge in [-0.1, -0.05) is 53.7 Å². The molecule has 4 rings (SSSR count). The molecule has 0 fully saturated rings. The molecule has 158 valence electrons. The van der Waals surface area contributed by atoms with E-state index in [0.717, 1.165) is 5.56 Å². The standard InChI is InChI=1S/C23H20ClN3O3S/c1-15(17-8-2-4-10-19(17)24)25-21(28)14-31-23-26-20-11-5-3-9-18(20)22(29)27(23)13-16-7-6-12-30-16/h2-12,15H,13-14H2,1H3,(H,25,28). The smallest absolute Gasteiger partial charge is 0.262 e. The van der Waals surface area contributed by atoms with Gasteiger partial charge in [0, 0.05) is 5.02 Å². The minimum Gasteiger partial charge on any atom is -0.467 e. The lowest BCUT2D eigenvalue weighted by Crippen LogP contribution is -2.29. The number of rotatable bonds is 7. The van der Waals surface area contributed by atoms with Crippen LogP contribution in [0.4, 0.5) is 0 Å². The van der Waals surface area contributed by atoms with Crippen molar-refractivity contribution in [2.75, 3.05) is 5.75 Å². The fourth-order valence-electron chi connectivity index (χ4n) is 3.27. The fraction of sp³-hybridized carbons (Fsp3) is 0.174. The van der Waals surface area contributed by atoms with Gasteiger partial charge in [-0.05, 0) is 42.8 Å². The SMILES string of the molecule is CC(NC(=O)CSc1nc2ccccc2c(=O)n1Cc1ccco1)c1ccccc1Cl. The number of para-hydroxylation sites is 1. The van der Waals surface area contributed by atoms with Gasteiger partial charge < -0.3 is 9.73 Å². The molecular weight excluding hydrogens is 434 g/mol. The molecule has 0 radical (unpaired) electrons. The number of amides is 1. The van der Waals surface area contributed by atoms with E-state index in [1.807, 2.05) is 31.2 Å². The Bertz CT molecular complexity index is 1270. The predicted octanol–water partition coefficient (Wildman–Crippen LogP) is 4.66. The van der Waals surface area contributed by atoms with Gasteiger partial charge in [0.25, 0.3) is 5.56 Å². The molecule has 1 atom stereocenters. The van der Waals surface area contributed by atoms with Crippen LogP contribution in [0.15, 0.2) is 81.3 Å². The van der Waals surface area contributed by atoms with Crippen LogP contribution in [0.5, 0.6) is 0 Å². The molecule has 2 aromatic carbocycles. The summed E-state index contributed by atoms with van der Waals surface area (Å²) in [5.74, 6) is 0.569. The molecule has 31 heavy (non-hydrogen) atoms. The van der Waals surface area contributed by atoms with Gasteiger partial charge in [-0.3, -0.25) is 14.2 Å². The van der Waals surface area contributed by atoms with Gasteiger partial charge in [-0.15, -0.1) is 0 Å². The fourth-order valence-corrected chi connectivity index (χ4v) is 4.38. The first kappa shape index (κ1) is 21.2. The second-order valence-corrected chi connectivity index (χ2v) is 8.33. The van der Waals surface area contributed by atoms with E-state index in [-0.39, 0.29) is 29.8 Å². The van der Waals surface area contributed by atoms with E-state index in [1.54, 1.807) is 42.7 Å². The number of hydrogen-bond donors (Lipinski definition) is 1. The van der Waals surface area contributed by atoms with Crippen molar-refractivity contribution in [2.24, 2.45) is 0 Å². The second-order valence-electron chi connectivity index (χ2n) is 6.98. The van der Waals surface area contributed by atoms with Crippen LogP contribution in [0.25, 0.3) is 10.9 Å². The lowest BCUT2D eigenvalue weighted by molar-refractivity contribution is -0.119. The van der Waals surface area contributed by atoms with Crippen LogP contribution in [0.3, 0.4) is 0 Å². The molecule has 0 saturated carbocycles. The zero-order valence-electron chi connectivity index (χ0n) is 16.7. The average Bonchev–Trinajstić information content (AvgIpc) is 3.28. The summed E-state index contributed by atoms with van der Waals surface area (Å²) in [7, 11) is 0. The van der Waals surface area contributed by atoms with Crippen molar-refractivity contribution in [3.8, 4) is 0 Å². The van der Waals surface area contributed by atoms with Crippen LogP contribution < -0.4 is 10.9 Å². The van der Waals surface area contributed by atoms with E-state index in [0.29, 0.717) is 26.8 Å². The number of nitrogens with one attached hydrogen (secondary N) is 1. The zero-order chi connectivity index (χ0) is 21.8. The Balaban J connectivity index is 1.55. The summed E-state index contributed by atoms with van der Waals surface area (Å²) in [6.07, 6.45) is 1.56. The van der Waals surface area contributed by atoms with E-state index < -0.39 is 0 Å². The number of fused-ring (bicyclic) bond motifs is 1. The van der Waals surface area contributed by atoms with Gasteiger partial charge in [0.05, 0.1) is 35.5 Å². The number of thioether (sulfide) groups is 1. The third-order valence-corrected chi connectivity index (χ3v) is 6.12. The maximum atomic E-state index is 13.1. The van der Waals surface area contributed by atoms with Crippen molar-refractivity contribution in [1.82, 2.24) is 14.9 Å². The van der Waals surface area contributed by atoms with E-state index in [2.05, 4.69) is 10.3 Å². The first-order valence-electron chi connectivity index (χ1n) is 9.71. The molecule has 0 aliphatic heterocycles. The molecule has 4 aromatic rings. The molecule has 1 unspecified atom stereocenters. The van der Waals surface area contributed by atoms with Crippen LogP contribution in [0.2, 0.25) is 5.02 Å². The van der Waals surface area contributed by atoms with Gasteiger partial charge >= 0.3 is 0 Å². The number of halogens is 1. The normalized spacial score (nSPS) is 12.1. The molecule has 1 amide bonds. The minimum absolute atomic E-state index is 0.109. The second kappa shape index (κ2) is 9.41. The number of nitrogens with zero attached hydrogens (tertiary/aromatic N) is 2. The number of hydrogen-bond acceptors (Lipinski definition) is 5. The summed E-state index contributed by atoms with van der Waals surface area (Å²) in [5, 5.41) is 4.53. The third-order valence-electron chi connectivity index (χ3n) is 4.80. The van der Waals surface area contributed by atoms with Gasteiger partial charge in [-0.2, -0.15) is 0 Å². The van der Waals surface area contributed by atoms with Crippen LogP contribution in [-0.4, -0.2) is 21.2 Å². The van der Waals surface area contributed by atoms with E-state index >= 15 is 0 Å². The van der Waals surface area contributed by atoms with Gasteiger partial charge in [0.15, 0.2) is 5.16 Å². The molecular formula is C23H20ClN3O3S. The molecule has 0 bridgehead atoms. The summed E-state index contributed by atoms with van der Waals surface area (Å²) in [5.41, 5.74) is 1.27. The monoisotopic (exact) mass is 453 g/mol.